The van der Waals surface area contributed by atoms with Crippen LogP contribution in [0.4, 0.5) is 5.69 Å². The van der Waals surface area contributed by atoms with Crippen LogP contribution in [0.2, 0.25) is 0 Å². The van der Waals surface area contributed by atoms with Gasteiger partial charge in [-0.1, -0.05) is 0 Å². The molecule has 0 aliphatic carbocycles. The average Bonchev–Trinajstić information content (AvgIpc) is 2.29. The van der Waals surface area contributed by atoms with Crippen molar-refractivity contribution in [2.24, 2.45) is 7.05 Å². The minimum absolute atomic E-state index is 0.329. The maximum atomic E-state index is 11.5. The Bertz CT molecular complexity index is 545. The second-order valence-corrected chi connectivity index (χ2v) is 3.41. The predicted octanol–water partition coefficient (Wildman–Crippen LogP) is -2.19. The molecule has 9 heteroatoms. The van der Waals surface area contributed by atoms with Gasteiger partial charge in [0.15, 0.2) is 0 Å². The number of hydrogen-bond acceptors (Lipinski definition) is 6. The molecule has 0 aliphatic rings. The largest absolute Gasteiger partial charge is 0.394 e. The quantitative estimate of drug-likeness (QED) is 0.458. The highest BCUT2D eigenvalue weighted by Crippen LogP contribution is 2.00. The molecule has 0 aromatic carbocycles. The van der Waals surface area contributed by atoms with Crippen LogP contribution in [0.1, 0.15) is 0 Å². The van der Waals surface area contributed by atoms with Gasteiger partial charge >= 0.3 is 16.9 Å². The molecular weight excluding hydrogens is 234 g/mol. The fraction of sp³-hybridized carbons (Fsp3) is 0.500. The first-order valence-electron chi connectivity index (χ1n) is 4.62. The number of nitrogens with zero attached hydrogens (tertiary/aromatic N) is 3. The molecule has 0 spiro atoms. The molecule has 0 unspecified atom stereocenters. The first kappa shape index (κ1) is 13.1. The van der Waals surface area contributed by atoms with Crippen molar-refractivity contribution in [3.05, 3.63) is 37.1 Å². The topological polar surface area (TPSA) is 128 Å². The monoisotopic (exact) mass is 245 g/mol. The van der Waals surface area contributed by atoms with Crippen LogP contribution in [0.25, 0.3) is 0 Å². The van der Waals surface area contributed by atoms with Crippen LogP contribution in [-0.2, 0) is 13.6 Å². The molecule has 0 saturated heterocycles. The van der Waals surface area contributed by atoms with E-state index in [1.54, 1.807) is 0 Å². The normalized spacial score (nSPS) is 12.4. The van der Waals surface area contributed by atoms with Crippen molar-refractivity contribution in [1.29, 1.82) is 0 Å². The van der Waals surface area contributed by atoms with Gasteiger partial charge in [-0.15, -0.1) is 0 Å². The third kappa shape index (κ3) is 2.57. The van der Waals surface area contributed by atoms with Gasteiger partial charge in [-0.3, -0.25) is 24.0 Å². The van der Waals surface area contributed by atoms with Crippen LogP contribution in [-0.4, -0.2) is 37.0 Å². The lowest BCUT2D eigenvalue weighted by Crippen LogP contribution is -2.40. The Morgan fingerprint density at radius 3 is 2.59 bits per heavy atom. The SMILES string of the molecule is Cn1c(=O)c([N+](=O)[O-])cn(C[C@@H](O)CO)c1=O. The molecule has 1 aromatic rings. The van der Waals surface area contributed by atoms with Crippen LogP contribution >= 0.6 is 0 Å². The Labute approximate surface area is 94.3 Å². The zero-order valence-electron chi connectivity index (χ0n) is 8.94. The van der Waals surface area contributed by atoms with E-state index in [4.69, 9.17) is 10.2 Å². The van der Waals surface area contributed by atoms with E-state index in [1.165, 1.54) is 0 Å². The van der Waals surface area contributed by atoms with Gasteiger partial charge in [0.05, 0.1) is 30.4 Å². The van der Waals surface area contributed by atoms with Crippen LogP contribution in [0, 0.1) is 10.1 Å². The third-order valence-electron chi connectivity index (χ3n) is 2.15. The van der Waals surface area contributed by atoms with Crippen LogP contribution < -0.4 is 11.2 Å². The van der Waals surface area contributed by atoms with Gasteiger partial charge in [-0.05, 0) is 0 Å². The Morgan fingerprint density at radius 1 is 1.53 bits per heavy atom. The van der Waals surface area contributed by atoms with E-state index in [2.05, 4.69) is 0 Å². The van der Waals surface area contributed by atoms with Crippen LogP contribution in [0.5, 0.6) is 0 Å². The molecule has 94 valence electrons. The van der Waals surface area contributed by atoms with Gasteiger partial charge in [-0.2, -0.15) is 0 Å². The first-order valence-corrected chi connectivity index (χ1v) is 4.62. The molecule has 1 rings (SSSR count). The standard InChI is InChI=1S/C8H11N3O6/c1-9-7(14)6(11(16)17)3-10(8(9)15)2-5(13)4-12/h3,5,12-13H,2,4H2,1H3/t5-/m1/s1. The van der Waals surface area contributed by atoms with Gasteiger partial charge in [0, 0.05) is 7.05 Å². The van der Waals surface area contributed by atoms with Crippen molar-refractivity contribution in [1.82, 2.24) is 9.13 Å². The summed E-state index contributed by atoms with van der Waals surface area (Å²) in [4.78, 5) is 32.5. The van der Waals surface area contributed by atoms with Crippen molar-refractivity contribution in [2.45, 2.75) is 12.6 Å². The van der Waals surface area contributed by atoms with Gasteiger partial charge in [0.2, 0.25) is 0 Å². The third-order valence-corrected chi connectivity index (χ3v) is 2.15. The van der Waals surface area contributed by atoms with E-state index >= 15 is 0 Å². The summed E-state index contributed by atoms with van der Waals surface area (Å²) >= 11 is 0. The molecule has 17 heavy (non-hydrogen) atoms. The molecule has 0 aliphatic heterocycles. The Hall–Kier alpha value is -2.00. The minimum atomic E-state index is -1.23. The molecular formula is C8H11N3O6. The second-order valence-electron chi connectivity index (χ2n) is 3.41. The summed E-state index contributed by atoms with van der Waals surface area (Å²) in [7, 11) is 1.10. The molecule has 2 N–H and O–H groups in total. The summed E-state index contributed by atoms with van der Waals surface area (Å²) in [6.45, 7) is -0.923. The number of hydrogen-bond donors (Lipinski definition) is 2. The van der Waals surface area contributed by atoms with Gasteiger partial charge in [0.25, 0.3) is 0 Å². The molecule has 0 amide bonds. The summed E-state index contributed by atoms with van der Waals surface area (Å²) in [6.07, 6.45) is -0.478. The Morgan fingerprint density at radius 2 is 2.12 bits per heavy atom. The highest BCUT2D eigenvalue weighted by Gasteiger charge is 2.18. The predicted molar refractivity (Wildman–Crippen MR) is 55.7 cm³/mol. The summed E-state index contributed by atoms with van der Waals surface area (Å²) in [5, 5.41) is 28.3. The van der Waals surface area contributed by atoms with Crippen LogP contribution in [0.3, 0.4) is 0 Å². The number of aromatic nitrogens is 2. The maximum Gasteiger partial charge on any atom is 0.350 e. The smallest absolute Gasteiger partial charge is 0.350 e. The van der Waals surface area contributed by atoms with Crippen molar-refractivity contribution in [3.8, 4) is 0 Å². The maximum absolute atomic E-state index is 11.5. The molecule has 0 fully saturated rings. The van der Waals surface area contributed by atoms with E-state index in [9.17, 15) is 19.7 Å². The summed E-state index contributed by atoms with van der Waals surface area (Å²) < 4.78 is 1.38. The molecule has 9 nitrogen and oxygen atoms in total. The lowest BCUT2D eigenvalue weighted by molar-refractivity contribution is -0.387. The summed E-state index contributed by atoms with van der Waals surface area (Å²) in [5.41, 5.74) is -2.58. The molecule has 0 radical (unpaired) electrons. The first-order chi connectivity index (χ1) is 7.88. The molecule has 1 heterocycles. The molecule has 0 bridgehead atoms. The van der Waals surface area contributed by atoms with E-state index in [0.29, 0.717) is 4.57 Å². The van der Waals surface area contributed by atoms with Gasteiger partial charge in [0.1, 0.15) is 0 Å². The highest BCUT2D eigenvalue weighted by atomic mass is 16.6. The van der Waals surface area contributed by atoms with E-state index in [-0.39, 0.29) is 6.54 Å². The van der Waals surface area contributed by atoms with Crippen LogP contribution in [0.15, 0.2) is 15.8 Å². The van der Waals surface area contributed by atoms with Crippen molar-refractivity contribution in [3.63, 3.8) is 0 Å². The molecule has 1 aromatic heterocycles. The zero-order valence-corrected chi connectivity index (χ0v) is 8.94. The fourth-order valence-corrected chi connectivity index (χ4v) is 1.25. The van der Waals surface area contributed by atoms with Crippen molar-refractivity contribution >= 4 is 5.69 Å². The lowest BCUT2D eigenvalue weighted by atomic mass is 10.3. The minimum Gasteiger partial charge on any atom is -0.394 e. The van der Waals surface area contributed by atoms with Crippen molar-refractivity contribution < 1.29 is 15.1 Å². The zero-order chi connectivity index (χ0) is 13.2. The summed E-state index contributed by atoms with van der Waals surface area (Å²) in [5.74, 6) is 0. The Balaban J connectivity index is 3.38. The number of aliphatic hydroxyl groups excluding tert-OH is 2. The number of aliphatic hydroxyl groups is 2. The number of nitro groups is 1. The number of rotatable bonds is 4. The van der Waals surface area contributed by atoms with E-state index in [1.807, 2.05) is 0 Å². The Kier molecular flexibility index (Phi) is 3.76. The fourth-order valence-electron chi connectivity index (χ4n) is 1.25. The second kappa shape index (κ2) is 4.89. The van der Waals surface area contributed by atoms with Crippen molar-refractivity contribution in [2.75, 3.05) is 6.61 Å². The lowest BCUT2D eigenvalue weighted by Gasteiger charge is -2.10. The highest BCUT2D eigenvalue weighted by molar-refractivity contribution is 5.21. The molecule has 0 saturated carbocycles. The van der Waals surface area contributed by atoms with E-state index < -0.39 is 34.6 Å². The van der Waals surface area contributed by atoms with Gasteiger partial charge < -0.3 is 10.2 Å². The van der Waals surface area contributed by atoms with Gasteiger partial charge in [-0.25, -0.2) is 4.79 Å². The summed E-state index contributed by atoms with van der Waals surface area (Å²) in [6, 6.07) is 0. The van der Waals surface area contributed by atoms with E-state index in [0.717, 1.165) is 17.8 Å². The average molecular weight is 245 g/mol. The molecule has 1 atom stereocenters.